The van der Waals surface area contributed by atoms with E-state index in [2.05, 4.69) is 37.9 Å². The van der Waals surface area contributed by atoms with Crippen molar-refractivity contribution in [3.63, 3.8) is 0 Å². The first-order valence-electron chi connectivity index (χ1n) is 6.61. The number of nitrogens with zero attached hydrogens (tertiary/aromatic N) is 1. The van der Waals surface area contributed by atoms with Crippen molar-refractivity contribution < 1.29 is 9.90 Å². The number of carbonyl (C=O) groups excluding carboxylic acids is 1. The zero-order chi connectivity index (χ0) is 13.1. The summed E-state index contributed by atoms with van der Waals surface area (Å²) in [6.07, 6.45) is 2.48. The lowest BCUT2D eigenvalue weighted by molar-refractivity contribution is -0.129. The smallest absolute Gasteiger partial charge is 0.237 e. The Morgan fingerprint density at radius 3 is 2.76 bits per heavy atom. The van der Waals surface area contributed by atoms with E-state index in [1.165, 1.54) is 0 Å². The van der Waals surface area contributed by atoms with Crippen molar-refractivity contribution in [1.29, 1.82) is 0 Å². The van der Waals surface area contributed by atoms with Gasteiger partial charge >= 0.3 is 0 Å². The zero-order valence-electron chi connectivity index (χ0n) is 11.5. The molecule has 100 valence electrons. The van der Waals surface area contributed by atoms with Crippen molar-refractivity contribution in [3.8, 4) is 0 Å². The molecule has 1 amide bonds. The largest absolute Gasteiger partial charge is 0.396 e. The van der Waals surface area contributed by atoms with Crippen LogP contribution in [0.3, 0.4) is 0 Å². The summed E-state index contributed by atoms with van der Waals surface area (Å²) in [5.74, 6) is 0.0601. The van der Waals surface area contributed by atoms with Gasteiger partial charge < -0.3 is 10.4 Å². The van der Waals surface area contributed by atoms with E-state index < -0.39 is 0 Å². The summed E-state index contributed by atoms with van der Waals surface area (Å²) in [5.41, 5.74) is -0.00553. The van der Waals surface area contributed by atoms with Crippen molar-refractivity contribution in [2.24, 2.45) is 0 Å². The molecular formula is C13H26N2O2. The highest BCUT2D eigenvalue weighted by Crippen LogP contribution is 2.28. The number of amides is 1. The van der Waals surface area contributed by atoms with Gasteiger partial charge in [0.2, 0.25) is 5.91 Å². The molecule has 17 heavy (non-hydrogen) atoms. The quantitative estimate of drug-likeness (QED) is 0.777. The molecule has 0 aromatic heterocycles. The monoisotopic (exact) mass is 242 g/mol. The van der Waals surface area contributed by atoms with E-state index in [0.717, 1.165) is 19.4 Å². The number of hydrogen-bond donors (Lipinski definition) is 2. The number of hydrogen-bond acceptors (Lipinski definition) is 3. The Kier molecular flexibility index (Phi) is 4.95. The maximum absolute atomic E-state index is 12.1. The number of rotatable bonds is 4. The SMILES string of the molecule is CCC(C)N1C(CCO)C(=O)NCCC1(C)C. The van der Waals surface area contributed by atoms with Gasteiger partial charge in [-0.15, -0.1) is 0 Å². The van der Waals surface area contributed by atoms with Crippen LogP contribution in [0.1, 0.15) is 47.0 Å². The van der Waals surface area contributed by atoms with Crippen LogP contribution in [0.5, 0.6) is 0 Å². The predicted molar refractivity (Wildman–Crippen MR) is 68.8 cm³/mol. The Labute approximate surface area is 104 Å². The van der Waals surface area contributed by atoms with Gasteiger partial charge in [0, 0.05) is 24.7 Å². The topological polar surface area (TPSA) is 52.6 Å². The van der Waals surface area contributed by atoms with E-state index in [1.54, 1.807) is 0 Å². The lowest BCUT2D eigenvalue weighted by Crippen LogP contribution is -2.56. The molecule has 0 aliphatic carbocycles. The lowest BCUT2D eigenvalue weighted by atomic mass is 9.93. The highest BCUT2D eigenvalue weighted by atomic mass is 16.3. The van der Waals surface area contributed by atoms with E-state index in [0.29, 0.717) is 12.5 Å². The second-order valence-corrected chi connectivity index (χ2v) is 5.55. The van der Waals surface area contributed by atoms with Crippen LogP contribution in [-0.4, -0.2) is 46.7 Å². The van der Waals surface area contributed by atoms with E-state index in [-0.39, 0.29) is 24.1 Å². The van der Waals surface area contributed by atoms with E-state index in [9.17, 15) is 4.79 Å². The van der Waals surface area contributed by atoms with Crippen molar-refractivity contribution >= 4 is 5.91 Å². The van der Waals surface area contributed by atoms with Gasteiger partial charge in [-0.25, -0.2) is 0 Å². The highest BCUT2D eigenvalue weighted by molar-refractivity contribution is 5.82. The van der Waals surface area contributed by atoms with Gasteiger partial charge in [0.1, 0.15) is 0 Å². The number of nitrogens with one attached hydrogen (secondary N) is 1. The molecule has 1 aliphatic heterocycles. The molecule has 1 heterocycles. The maximum atomic E-state index is 12.1. The van der Waals surface area contributed by atoms with Crippen LogP contribution >= 0.6 is 0 Å². The third-order valence-electron chi connectivity index (χ3n) is 3.84. The molecule has 0 aromatic rings. The summed E-state index contributed by atoms with van der Waals surface area (Å²) in [4.78, 5) is 14.3. The molecule has 0 aromatic carbocycles. The molecule has 1 aliphatic rings. The zero-order valence-corrected chi connectivity index (χ0v) is 11.5. The molecule has 2 N–H and O–H groups in total. The Hall–Kier alpha value is -0.610. The second kappa shape index (κ2) is 5.83. The molecular weight excluding hydrogens is 216 g/mol. The van der Waals surface area contributed by atoms with Gasteiger partial charge in [0.05, 0.1) is 6.04 Å². The molecule has 0 bridgehead atoms. The van der Waals surface area contributed by atoms with Crippen LogP contribution in [-0.2, 0) is 4.79 Å². The predicted octanol–water partition coefficient (Wildman–Crippen LogP) is 1.14. The van der Waals surface area contributed by atoms with Crippen LogP contribution in [0.15, 0.2) is 0 Å². The fraction of sp³-hybridized carbons (Fsp3) is 0.923. The van der Waals surface area contributed by atoms with Crippen LogP contribution < -0.4 is 5.32 Å². The molecule has 2 atom stereocenters. The molecule has 0 radical (unpaired) electrons. The van der Waals surface area contributed by atoms with Gasteiger partial charge in [-0.1, -0.05) is 6.92 Å². The van der Waals surface area contributed by atoms with Gasteiger partial charge in [0.25, 0.3) is 0 Å². The van der Waals surface area contributed by atoms with Crippen molar-refractivity contribution in [1.82, 2.24) is 10.2 Å². The van der Waals surface area contributed by atoms with E-state index in [1.807, 2.05) is 0 Å². The summed E-state index contributed by atoms with van der Waals surface area (Å²) in [6.45, 7) is 9.44. The number of carbonyl (C=O) groups is 1. The Bertz CT molecular complexity index is 266. The number of aliphatic hydroxyl groups is 1. The van der Waals surface area contributed by atoms with Crippen molar-refractivity contribution in [2.75, 3.05) is 13.2 Å². The first-order chi connectivity index (χ1) is 7.94. The van der Waals surface area contributed by atoms with Gasteiger partial charge in [-0.2, -0.15) is 0 Å². The fourth-order valence-electron chi connectivity index (χ4n) is 2.78. The summed E-state index contributed by atoms with van der Waals surface area (Å²) >= 11 is 0. The summed E-state index contributed by atoms with van der Waals surface area (Å²) < 4.78 is 0. The van der Waals surface area contributed by atoms with Gasteiger partial charge in [-0.3, -0.25) is 9.69 Å². The molecule has 4 heteroatoms. The molecule has 1 rings (SSSR count). The lowest BCUT2D eigenvalue weighted by Gasteiger charge is -2.44. The summed E-state index contributed by atoms with van der Waals surface area (Å²) in [5, 5.41) is 12.1. The normalized spacial score (nSPS) is 27.4. The van der Waals surface area contributed by atoms with Crippen LogP contribution in [0, 0.1) is 0 Å². The van der Waals surface area contributed by atoms with Crippen LogP contribution in [0.2, 0.25) is 0 Å². The fourth-order valence-corrected chi connectivity index (χ4v) is 2.78. The first kappa shape index (κ1) is 14.5. The van der Waals surface area contributed by atoms with E-state index in [4.69, 9.17) is 5.11 Å². The Morgan fingerprint density at radius 1 is 1.59 bits per heavy atom. The Balaban J connectivity index is 3.02. The van der Waals surface area contributed by atoms with Crippen LogP contribution in [0.25, 0.3) is 0 Å². The van der Waals surface area contributed by atoms with Crippen LogP contribution in [0.4, 0.5) is 0 Å². The first-order valence-corrected chi connectivity index (χ1v) is 6.61. The minimum absolute atomic E-state index is 0.00553. The molecule has 1 fully saturated rings. The molecule has 4 nitrogen and oxygen atoms in total. The minimum Gasteiger partial charge on any atom is -0.396 e. The standard InChI is InChI=1S/C13H26N2O2/c1-5-10(2)15-11(6-9-16)12(17)14-8-7-13(15,3)4/h10-11,16H,5-9H2,1-4H3,(H,14,17). The summed E-state index contributed by atoms with van der Waals surface area (Å²) in [6, 6.07) is 0.151. The molecule has 1 saturated heterocycles. The van der Waals surface area contributed by atoms with Gasteiger partial charge in [-0.05, 0) is 40.0 Å². The summed E-state index contributed by atoms with van der Waals surface area (Å²) in [7, 11) is 0. The molecule has 2 unspecified atom stereocenters. The molecule has 0 spiro atoms. The van der Waals surface area contributed by atoms with Gasteiger partial charge in [0.15, 0.2) is 0 Å². The third-order valence-corrected chi connectivity index (χ3v) is 3.84. The number of aliphatic hydroxyl groups excluding tert-OH is 1. The minimum atomic E-state index is -0.201. The molecule has 0 saturated carbocycles. The average molecular weight is 242 g/mol. The maximum Gasteiger partial charge on any atom is 0.237 e. The average Bonchev–Trinajstić information content (AvgIpc) is 2.36. The highest BCUT2D eigenvalue weighted by Gasteiger charge is 2.40. The van der Waals surface area contributed by atoms with Crippen molar-refractivity contribution in [3.05, 3.63) is 0 Å². The van der Waals surface area contributed by atoms with E-state index >= 15 is 0 Å². The van der Waals surface area contributed by atoms with Crippen molar-refractivity contribution in [2.45, 2.75) is 64.6 Å². The third kappa shape index (κ3) is 3.19. The Morgan fingerprint density at radius 2 is 2.24 bits per heavy atom. The second-order valence-electron chi connectivity index (χ2n) is 5.55.